The molecule has 0 radical (unpaired) electrons. The monoisotopic (exact) mass is 652 g/mol. The molecule has 0 aliphatic carbocycles. The van der Waals surface area contributed by atoms with Crippen LogP contribution < -0.4 is 16.4 Å². The number of hydrogen-bond acceptors (Lipinski definition) is 7. The van der Waals surface area contributed by atoms with Gasteiger partial charge in [0.15, 0.2) is 17.0 Å². The van der Waals surface area contributed by atoms with Crippen LogP contribution in [0, 0.1) is 23.4 Å². The number of carbonyl (C=O) groups is 3. The van der Waals surface area contributed by atoms with Crippen molar-refractivity contribution < 1.29 is 32.3 Å². The Bertz CT molecular complexity index is 1210. The smallest absolute Gasteiger partial charge is 0.328 e. The van der Waals surface area contributed by atoms with Gasteiger partial charge in [-0.25, -0.2) is 18.0 Å². The summed E-state index contributed by atoms with van der Waals surface area (Å²) in [6, 6.07) is 7.14. The van der Waals surface area contributed by atoms with E-state index in [1.165, 1.54) is 16.7 Å². The number of rotatable bonds is 12. The Morgan fingerprint density at radius 1 is 1.07 bits per heavy atom. The average molecular weight is 654 g/mol. The highest BCUT2D eigenvalue weighted by atomic mass is 35.5. The number of carbonyl (C=O) groups excluding carboxylic acids is 3. The molecule has 14 heteroatoms. The third-order valence-electron chi connectivity index (χ3n) is 6.39. The summed E-state index contributed by atoms with van der Waals surface area (Å²) in [5.41, 5.74) is 7.46. The van der Waals surface area contributed by atoms with E-state index in [0.29, 0.717) is 25.0 Å². The van der Waals surface area contributed by atoms with Crippen LogP contribution in [-0.2, 0) is 32.1 Å². The van der Waals surface area contributed by atoms with E-state index >= 15 is 0 Å². The largest absolute Gasteiger partial charge is 0.464 e. The van der Waals surface area contributed by atoms with Gasteiger partial charge in [-0.2, -0.15) is 0 Å². The van der Waals surface area contributed by atoms with Gasteiger partial charge < -0.3 is 26.0 Å². The van der Waals surface area contributed by atoms with Gasteiger partial charge in [0, 0.05) is 43.1 Å². The average Bonchev–Trinajstić information content (AvgIpc) is 3.40. The highest BCUT2D eigenvalue weighted by Gasteiger charge is 2.35. The van der Waals surface area contributed by atoms with Crippen molar-refractivity contribution >= 4 is 60.0 Å². The number of halogens is 5. The van der Waals surface area contributed by atoms with E-state index in [9.17, 15) is 27.6 Å². The number of benzene rings is 2. The molecule has 0 spiro atoms. The SMILES string of the molecule is CCOC(=O)C(Nc1ccc(CNC(=O)C2SCCN2C(=O)C[C@H](N)Cc2cc(F)c(F)cc2F)cc1)C(C)C.Cl.Cl. The third kappa shape index (κ3) is 10.3. The van der Waals surface area contributed by atoms with Crippen molar-refractivity contribution in [2.75, 3.05) is 24.2 Å². The van der Waals surface area contributed by atoms with Crippen molar-refractivity contribution in [2.45, 2.75) is 57.6 Å². The Kier molecular flexibility index (Phi) is 15.5. The van der Waals surface area contributed by atoms with Crippen LogP contribution in [0.2, 0.25) is 0 Å². The van der Waals surface area contributed by atoms with Gasteiger partial charge in [0.25, 0.3) is 5.91 Å². The number of nitrogens with two attached hydrogens (primary N) is 1. The lowest BCUT2D eigenvalue weighted by Gasteiger charge is -2.24. The summed E-state index contributed by atoms with van der Waals surface area (Å²) in [5.74, 6) is -3.86. The number of nitrogens with one attached hydrogen (secondary N) is 2. The molecule has 1 aliphatic rings. The van der Waals surface area contributed by atoms with Crippen molar-refractivity contribution in [2.24, 2.45) is 11.7 Å². The molecule has 8 nitrogen and oxygen atoms in total. The van der Waals surface area contributed by atoms with Gasteiger partial charge in [0.1, 0.15) is 11.9 Å². The minimum absolute atomic E-state index is 0. The molecule has 3 rings (SSSR count). The number of ether oxygens (including phenoxy) is 1. The van der Waals surface area contributed by atoms with E-state index in [1.54, 1.807) is 6.92 Å². The van der Waals surface area contributed by atoms with Crippen molar-refractivity contribution in [3.8, 4) is 0 Å². The summed E-state index contributed by atoms with van der Waals surface area (Å²) >= 11 is 1.32. The minimum atomic E-state index is -1.30. The first-order chi connectivity index (χ1) is 19.0. The molecule has 234 valence electrons. The zero-order valence-electron chi connectivity index (χ0n) is 23.5. The Hall–Kier alpha value is -2.67. The standard InChI is InChI=1S/C28H35F3N4O4S.2ClH/c1-4-39-28(38)25(16(2)3)34-20-7-5-17(6-8-20)15-33-26(37)27-35(9-10-40-27)24(36)13-19(32)11-18-12-22(30)23(31)14-21(18)29;;/h5-8,12,14,16,19,25,27,34H,4,9-11,13,15,32H2,1-3H3,(H,33,37);2*1H/t19-,25?,27?;;/m1../s1. The Morgan fingerprint density at radius 3 is 2.33 bits per heavy atom. The molecular weight excluding hydrogens is 616 g/mol. The van der Waals surface area contributed by atoms with Crippen molar-refractivity contribution in [3.05, 3.63) is 65.0 Å². The first kappa shape index (κ1) is 37.4. The molecule has 2 unspecified atom stereocenters. The summed E-state index contributed by atoms with van der Waals surface area (Å²) < 4.78 is 45.7. The molecule has 42 heavy (non-hydrogen) atoms. The van der Waals surface area contributed by atoms with Gasteiger partial charge in [-0.3, -0.25) is 9.59 Å². The van der Waals surface area contributed by atoms with Crippen LogP contribution in [0.4, 0.5) is 18.9 Å². The molecule has 2 amide bonds. The summed E-state index contributed by atoms with van der Waals surface area (Å²) in [4.78, 5) is 39.4. The Balaban J connectivity index is 0.00000441. The molecule has 0 saturated carbocycles. The van der Waals surface area contributed by atoms with E-state index < -0.39 is 34.9 Å². The number of anilines is 1. The van der Waals surface area contributed by atoms with Gasteiger partial charge in [-0.15, -0.1) is 36.6 Å². The predicted octanol–water partition coefficient (Wildman–Crippen LogP) is 4.42. The van der Waals surface area contributed by atoms with Gasteiger partial charge in [-0.05, 0) is 48.6 Å². The maximum absolute atomic E-state index is 14.0. The maximum Gasteiger partial charge on any atom is 0.328 e. The van der Waals surface area contributed by atoms with Gasteiger partial charge in [0.2, 0.25) is 5.91 Å². The second-order valence-corrected chi connectivity index (χ2v) is 11.1. The topological polar surface area (TPSA) is 114 Å². The van der Waals surface area contributed by atoms with E-state index in [4.69, 9.17) is 10.5 Å². The van der Waals surface area contributed by atoms with Crippen LogP contribution in [0.3, 0.4) is 0 Å². The quantitative estimate of drug-likeness (QED) is 0.230. The van der Waals surface area contributed by atoms with E-state index in [1.807, 2.05) is 38.1 Å². The fraction of sp³-hybridized carbons (Fsp3) is 0.464. The predicted molar refractivity (Wildman–Crippen MR) is 162 cm³/mol. The van der Waals surface area contributed by atoms with Crippen LogP contribution in [0.5, 0.6) is 0 Å². The lowest BCUT2D eigenvalue weighted by molar-refractivity contribution is -0.145. The molecule has 1 aliphatic heterocycles. The van der Waals surface area contributed by atoms with E-state index in [2.05, 4.69) is 10.6 Å². The molecule has 1 heterocycles. The molecule has 2 aromatic rings. The molecule has 0 aromatic heterocycles. The van der Waals surface area contributed by atoms with Crippen LogP contribution in [0.25, 0.3) is 0 Å². The summed E-state index contributed by atoms with van der Waals surface area (Å²) in [7, 11) is 0. The van der Waals surface area contributed by atoms with Crippen LogP contribution in [0.1, 0.15) is 38.3 Å². The fourth-order valence-corrected chi connectivity index (χ4v) is 5.43. The zero-order valence-corrected chi connectivity index (χ0v) is 26.0. The molecule has 1 saturated heterocycles. The highest BCUT2D eigenvalue weighted by molar-refractivity contribution is 8.00. The van der Waals surface area contributed by atoms with Crippen LogP contribution in [-0.4, -0.2) is 59.0 Å². The van der Waals surface area contributed by atoms with Gasteiger partial charge in [-0.1, -0.05) is 26.0 Å². The fourth-order valence-electron chi connectivity index (χ4n) is 4.26. The number of amides is 2. The molecule has 3 atom stereocenters. The first-order valence-corrected chi connectivity index (χ1v) is 14.1. The Labute approximate surface area is 260 Å². The molecular formula is C28H37Cl2F3N4O4S. The number of nitrogens with zero attached hydrogens (tertiary/aromatic N) is 1. The van der Waals surface area contributed by atoms with E-state index in [0.717, 1.165) is 17.3 Å². The third-order valence-corrected chi connectivity index (χ3v) is 7.60. The first-order valence-electron chi connectivity index (χ1n) is 13.1. The second kappa shape index (κ2) is 17.4. The lowest BCUT2D eigenvalue weighted by atomic mass is 10.0. The number of esters is 1. The number of hydrogen-bond donors (Lipinski definition) is 3. The molecule has 1 fully saturated rings. The van der Waals surface area contributed by atoms with Crippen LogP contribution in [0.15, 0.2) is 36.4 Å². The normalized spacial score (nSPS) is 15.7. The summed E-state index contributed by atoms with van der Waals surface area (Å²) in [6.07, 6.45) is -0.338. The maximum atomic E-state index is 14.0. The van der Waals surface area contributed by atoms with Crippen LogP contribution >= 0.6 is 36.6 Å². The van der Waals surface area contributed by atoms with Gasteiger partial charge in [0.05, 0.1) is 6.61 Å². The van der Waals surface area contributed by atoms with Crippen molar-refractivity contribution in [3.63, 3.8) is 0 Å². The molecule has 0 bridgehead atoms. The van der Waals surface area contributed by atoms with Crippen molar-refractivity contribution in [1.82, 2.24) is 10.2 Å². The number of thioether (sulfide) groups is 1. The minimum Gasteiger partial charge on any atom is -0.464 e. The zero-order chi connectivity index (χ0) is 29.4. The summed E-state index contributed by atoms with van der Waals surface area (Å²) in [5, 5.41) is 5.29. The van der Waals surface area contributed by atoms with Crippen molar-refractivity contribution in [1.29, 1.82) is 0 Å². The van der Waals surface area contributed by atoms with Gasteiger partial charge >= 0.3 is 5.97 Å². The highest BCUT2D eigenvalue weighted by Crippen LogP contribution is 2.26. The summed E-state index contributed by atoms with van der Waals surface area (Å²) in [6.45, 7) is 6.49. The lowest BCUT2D eigenvalue weighted by Crippen LogP contribution is -2.46. The molecule has 2 aromatic carbocycles. The Morgan fingerprint density at radius 2 is 1.71 bits per heavy atom. The molecule has 4 N–H and O–H groups in total. The second-order valence-electron chi connectivity index (χ2n) is 9.87. The van der Waals surface area contributed by atoms with E-state index in [-0.39, 0.29) is 73.5 Å².